The maximum Gasteiger partial charge on any atom is 0.227 e. The van der Waals surface area contributed by atoms with Crippen LogP contribution in [0.1, 0.15) is 46.0 Å². The third kappa shape index (κ3) is 2.10. The highest BCUT2D eigenvalue weighted by atomic mass is 16.2. The van der Waals surface area contributed by atoms with Crippen LogP contribution in [0.3, 0.4) is 0 Å². The molecule has 17 heavy (non-hydrogen) atoms. The summed E-state index contributed by atoms with van der Waals surface area (Å²) in [5.74, 6) is 0.718. The van der Waals surface area contributed by atoms with Crippen molar-refractivity contribution in [3.63, 3.8) is 0 Å². The Bertz CT molecular complexity index is 316. The first-order valence-electron chi connectivity index (χ1n) is 7.10. The second-order valence-corrected chi connectivity index (χ2v) is 6.88. The van der Waals surface area contributed by atoms with Crippen molar-refractivity contribution in [2.24, 2.45) is 11.3 Å². The molecule has 1 N–H and O–H groups in total. The molecule has 2 bridgehead atoms. The Morgan fingerprint density at radius 2 is 1.94 bits per heavy atom. The molecule has 3 saturated heterocycles. The van der Waals surface area contributed by atoms with E-state index in [0.717, 1.165) is 32.4 Å². The van der Waals surface area contributed by atoms with Gasteiger partial charge in [0.15, 0.2) is 0 Å². The maximum absolute atomic E-state index is 12.5. The highest BCUT2D eigenvalue weighted by Gasteiger charge is 2.44. The van der Waals surface area contributed by atoms with E-state index in [1.807, 2.05) is 0 Å². The summed E-state index contributed by atoms with van der Waals surface area (Å²) < 4.78 is 0. The van der Waals surface area contributed by atoms with Crippen molar-refractivity contribution in [2.45, 2.75) is 58.0 Å². The summed E-state index contributed by atoms with van der Waals surface area (Å²) in [6, 6.07) is 1.12. The zero-order valence-corrected chi connectivity index (χ0v) is 11.0. The minimum absolute atomic E-state index is 0.287. The Morgan fingerprint density at radius 1 is 1.24 bits per heavy atom. The van der Waals surface area contributed by atoms with E-state index in [2.05, 4.69) is 24.1 Å². The van der Waals surface area contributed by atoms with Crippen molar-refractivity contribution < 1.29 is 4.79 Å². The molecule has 0 spiro atoms. The monoisotopic (exact) mass is 236 g/mol. The maximum atomic E-state index is 12.5. The number of amides is 1. The summed E-state index contributed by atoms with van der Waals surface area (Å²) >= 11 is 0. The van der Waals surface area contributed by atoms with Crippen LogP contribution in [-0.4, -0.2) is 36.0 Å². The Balaban J connectivity index is 1.60. The van der Waals surface area contributed by atoms with Gasteiger partial charge in [-0.2, -0.15) is 0 Å². The van der Waals surface area contributed by atoms with Crippen LogP contribution in [0.4, 0.5) is 0 Å². The van der Waals surface area contributed by atoms with E-state index in [9.17, 15) is 4.79 Å². The lowest BCUT2D eigenvalue weighted by Crippen LogP contribution is -2.46. The number of nitrogens with one attached hydrogen (secondary N) is 1. The predicted molar refractivity (Wildman–Crippen MR) is 67.6 cm³/mol. The average Bonchev–Trinajstić information content (AvgIpc) is 2.89. The summed E-state index contributed by atoms with van der Waals surface area (Å²) in [6.07, 6.45) is 5.89. The van der Waals surface area contributed by atoms with Gasteiger partial charge in [0.1, 0.15) is 0 Å². The second-order valence-electron chi connectivity index (χ2n) is 6.88. The van der Waals surface area contributed by atoms with Gasteiger partial charge in [-0.15, -0.1) is 0 Å². The molecule has 0 radical (unpaired) electrons. The number of carbonyl (C=O) groups excluding carboxylic acids is 1. The summed E-state index contributed by atoms with van der Waals surface area (Å²) in [5.41, 5.74) is 0.434. The molecule has 3 heteroatoms. The predicted octanol–water partition coefficient (Wildman–Crippen LogP) is 1.78. The molecular formula is C14H24N2O. The van der Waals surface area contributed by atoms with Crippen LogP contribution in [0.2, 0.25) is 0 Å². The van der Waals surface area contributed by atoms with Crippen LogP contribution < -0.4 is 5.32 Å². The van der Waals surface area contributed by atoms with Crippen molar-refractivity contribution in [3.05, 3.63) is 0 Å². The Morgan fingerprint density at radius 3 is 2.47 bits per heavy atom. The van der Waals surface area contributed by atoms with Crippen molar-refractivity contribution in [2.75, 3.05) is 13.1 Å². The lowest BCUT2D eigenvalue weighted by molar-refractivity contribution is -0.138. The number of rotatable bonds is 1. The zero-order chi connectivity index (χ0) is 12.0. The fourth-order valence-corrected chi connectivity index (χ4v) is 3.66. The molecule has 3 rings (SSSR count). The molecule has 3 atom stereocenters. The Kier molecular flexibility index (Phi) is 2.69. The molecule has 0 aromatic rings. The summed E-state index contributed by atoms with van der Waals surface area (Å²) in [6.45, 7) is 6.57. The second kappa shape index (κ2) is 3.98. The molecule has 3 aliphatic heterocycles. The van der Waals surface area contributed by atoms with Gasteiger partial charge in [0.05, 0.1) is 5.92 Å². The number of fused-ring (bicyclic) bond motifs is 2. The van der Waals surface area contributed by atoms with Gasteiger partial charge in [-0.05, 0) is 37.5 Å². The molecule has 96 valence electrons. The number of nitrogens with zero attached hydrogens (tertiary/aromatic N) is 1. The number of carbonyl (C=O) groups is 1. The summed E-state index contributed by atoms with van der Waals surface area (Å²) in [7, 11) is 0. The van der Waals surface area contributed by atoms with Crippen LogP contribution in [0.5, 0.6) is 0 Å². The first-order chi connectivity index (χ1) is 8.05. The average molecular weight is 236 g/mol. The van der Waals surface area contributed by atoms with Gasteiger partial charge in [0, 0.05) is 25.2 Å². The normalized spacial score (nSPS) is 39.6. The minimum atomic E-state index is 0.287. The van der Waals surface area contributed by atoms with Gasteiger partial charge >= 0.3 is 0 Å². The molecule has 3 nitrogen and oxygen atoms in total. The number of likely N-dealkylation sites (tertiary alicyclic amines) is 1. The molecule has 3 heterocycles. The summed E-state index contributed by atoms with van der Waals surface area (Å²) in [5, 5.41) is 3.57. The largest absolute Gasteiger partial charge is 0.342 e. The van der Waals surface area contributed by atoms with E-state index in [0.29, 0.717) is 23.4 Å². The van der Waals surface area contributed by atoms with Gasteiger partial charge in [-0.25, -0.2) is 0 Å². The molecule has 0 aromatic heterocycles. The van der Waals surface area contributed by atoms with Gasteiger partial charge < -0.3 is 10.2 Å². The quantitative estimate of drug-likeness (QED) is 0.752. The van der Waals surface area contributed by atoms with E-state index in [4.69, 9.17) is 0 Å². The number of hydrogen-bond acceptors (Lipinski definition) is 2. The first-order valence-corrected chi connectivity index (χ1v) is 7.10. The lowest BCUT2D eigenvalue weighted by atomic mass is 9.81. The van der Waals surface area contributed by atoms with Crippen LogP contribution in [-0.2, 0) is 4.79 Å². The van der Waals surface area contributed by atoms with E-state index >= 15 is 0 Å². The standard InChI is InChI=1S/C14H24N2O/c1-14(2)5-7-16(8-6-14)13(17)11-9-10-3-4-12(11)15-10/h10-12,15H,3-9H2,1-2H3. The number of piperidine rings is 1. The number of hydrogen-bond donors (Lipinski definition) is 1. The topological polar surface area (TPSA) is 32.3 Å². The van der Waals surface area contributed by atoms with Crippen LogP contribution in [0.15, 0.2) is 0 Å². The van der Waals surface area contributed by atoms with E-state index in [-0.39, 0.29) is 5.92 Å². The van der Waals surface area contributed by atoms with Crippen LogP contribution >= 0.6 is 0 Å². The SMILES string of the molecule is CC1(C)CCN(C(=O)C2CC3CCC2N3)CC1. The summed E-state index contributed by atoms with van der Waals surface area (Å²) in [4.78, 5) is 14.6. The molecule has 1 amide bonds. The van der Waals surface area contributed by atoms with Gasteiger partial charge in [-0.1, -0.05) is 13.8 Å². The van der Waals surface area contributed by atoms with Crippen molar-refractivity contribution >= 4 is 5.91 Å². The lowest BCUT2D eigenvalue weighted by Gasteiger charge is -2.38. The molecule has 3 unspecified atom stereocenters. The third-order valence-corrected chi connectivity index (χ3v) is 5.05. The van der Waals surface area contributed by atoms with Crippen LogP contribution in [0.25, 0.3) is 0 Å². The molecule has 0 aromatic carbocycles. The van der Waals surface area contributed by atoms with E-state index in [1.54, 1.807) is 0 Å². The molecule has 3 fully saturated rings. The van der Waals surface area contributed by atoms with Crippen molar-refractivity contribution in [3.8, 4) is 0 Å². The Hall–Kier alpha value is -0.570. The fraction of sp³-hybridized carbons (Fsp3) is 0.929. The highest BCUT2D eigenvalue weighted by molar-refractivity contribution is 5.80. The highest BCUT2D eigenvalue weighted by Crippen LogP contribution is 2.36. The van der Waals surface area contributed by atoms with Crippen molar-refractivity contribution in [1.82, 2.24) is 10.2 Å². The van der Waals surface area contributed by atoms with Gasteiger partial charge in [0.2, 0.25) is 5.91 Å². The molecule has 0 aliphatic carbocycles. The minimum Gasteiger partial charge on any atom is -0.342 e. The molecular weight excluding hydrogens is 212 g/mol. The van der Waals surface area contributed by atoms with Crippen molar-refractivity contribution in [1.29, 1.82) is 0 Å². The smallest absolute Gasteiger partial charge is 0.227 e. The van der Waals surface area contributed by atoms with E-state index < -0.39 is 0 Å². The fourth-order valence-electron chi connectivity index (χ4n) is 3.66. The molecule has 0 saturated carbocycles. The molecule has 3 aliphatic rings. The Labute approximate surface area is 104 Å². The van der Waals surface area contributed by atoms with Crippen LogP contribution in [0, 0.1) is 11.3 Å². The first kappa shape index (κ1) is 11.5. The third-order valence-electron chi connectivity index (χ3n) is 5.05. The van der Waals surface area contributed by atoms with E-state index in [1.165, 1.54) is 12.8 Å². The van der Waals surface area contributed by atoms with Gasteiger partial charge in [0.25, 0.3) is 0 Å². The van der Waals surface area contributed by atoms with Gasteiger partial charge in [-0.3, -0.25) is 4.79 Å². The zero-order valence-electron chi connectivity index (χ0n) is 11.0.